The number of Topliss-reactive ketones (excluding diaryl/α,β-unsaturated/α-hetero) is 1. The molecule has 1 saturated carbocycles. The minimum atomic E-state index is -0.926. The summed E-state index contributed by atoms with van der Waals surface area (Å²) in [6.07, 6.45) is 0.280. The lowest BCUT2D eigenvalue weighted by molar-refractivity contribution is -0.147. The van der Waals surface area contributed by atoms with Crippen LogP contribution >= 0.6 is 11.8 Å². The monoisotopic (exact) mass is 236 g/mol. The van der Waals surface area contributed by atoms with Crippen LogP contribution in [0.25, 0.3) is 0 Å². The first kappa shape index (κ1) is 11.2. The zero-order valence-corrected chi connectivity index (χ0v) is 9.71. The topological polar surface area (TPSA) is 54.4 Å². The van der Waals surface area contributed by atoms with Gasteiger partial charge in [-0.1, -0.05) is 17.7 Å². The fourth-order valence-electron chi connectivity index (χ4n) is 1.76. The fraction of sp³-hybridized carbons (Fsp3) is 0.333. The molecular weight excluding hydrogens is 224 g/mol. The van der Waals surface area contributed by atoms with Crippen molar-refractivity contribution in [1.82, 2.24) is 0 Å². The van der Waals surface area contributed by atoms with Crippen LogP contribution in [0.4, 0.5) is 0 Å². The summed E-state index contributed by atoms with van der Waals surface area (Å²) in [7, 11) is 0. The predicted molar refractivity (Wildman–Crippen MR) is 61.6 cm³/mol. The maximum atomic E-state index is 11.2. The van der Waals surface area contributed by atoms with Crippen molar-refractivity contribution in [3.8, 4) is 0 Å². The second-order valence-electron chi connectivity index (χ2n) is 4.11. The standard InChI is InChI=1S/C12H12O3S/c1-8-3-2-4-10(5-8)16-12(11(14)15)6-9(13)7-12/h2-5H,6-7H2,1H3,(H,14,15). The van der Waals surface area contributed by atoms with Crippen LogP contribution in [0.1, 0.15) is 18.4 Å². The molecule has 1 aromatic carbocycles. The van der Waals surface area contributed by atoms with Crippen molar-refractivity contribution < 1.29 is 14.7 Å². The third kappa shape index (κ3) is 1.97. The summed E-state index contributed by atoms with van der Waals surface area (Å²) in [6.45, 7) is 1.96. The van der Waals surface area contributed by atoms with Crippen molar-refractivity contribution in [3.05, 3.63) is 29.8 Å². The molecule has 1 aromatic rings. The van der Waals surface area contributed by atoms with Gasteiger partial charge in [-0.25, -0.2) is 0 Å². The minimum absolute atomic E-state index is 0.0301. The molecule has 1 N–H and O–H groups in total. The third-order valence-corrected chi connectivity index (χ3v) is 4.00. The number of hydrogen-bond donors (Lipinski definition) is 1. The number of carbonyl (C=O) groups is 2. The first-order valence-corrected chi connectivity index (χ1v) is 5.84. The van der Waals surface area contributed by atoms with Gasteiger partial charge in [0.25, 0.3) is 0 Å². The number of benzene rings is 1. The fourth-order valence-corrected chi connectivity index (χ4v) is 3.15. The van der Waals surface area contributed by atoms with Gasteiger partial charge in [-0.2, -0.15) is 0 Å². The molecule has 0 unspecified atom stereocenters. The van der Waals surface area contributed by atoms with Crippen LogP contribution < -0.4 is 0 Å². The Kier molecular flexibility index (Phi) is 2.76. The van der Waals surface area contributed by atoms with E-state index in [4.69, 9.17) is 5.11 Å². The second kappa shape index (κ2) is 3.94. The molecule has 0 amide bonds. The molecule has 0 aromatic heterocycles. The molecule has 0 aliphatic heterocycles. The van der Waals surface area contributed by atoms with E-state index in [9.17, 15) is 9.59 Å². The highest BCUT2D eigenvalue weighted by atomic mass is 32.2. The molecule has 1 fully saturated rings. The Hall–Kier alpha value is -1.29. The van der Waals surface area contributed by atoms with Crippen molar-refractivity contribution in [1.29, 1.82) is 0 Å². The maximum absolute atomic E-state index is 11.2. The molecule has 3 nitrogen and oxygen atoms in total. The molecule has 1 aliphatic rings. The van der Waals surface area contributed by atoms with E-state index >= 15 is 0 Å². The van der Waals surface area contributed by atoms with Gasteiger partial charge < -0.3 is 5.11 Å². The van der Waals surface area contributed by atoms with Gasteiger partial charge in [0.2, 0.25) is 0 Å². The van der Waals surface area contributed by atoms with Crippen LogP contribution in [0.2, 0.25) is 0 Å². The number of thioether (sulfide) groups is 1. The van der Waals surface area contributed by atoms with Gasteiger partial charge in [-0.15, -0.1) is 11.8 Å². The normalized spacial score (nSPS) is 17.9. The van der Waals surface area contributed by atoms with Gasteiger partial charge in [-0.05, 0) is 19.1 Å². The Balaban J connectivity index is 2.19. The highest BCUT2D eigenvalue weighted by molar-refractivity contribution is 8.01. The van der Waals surface area contributed by atoms with Crippen molar-refractivity contribution >= 4 is 23.5 Å². The Morgan fingerprint density at radius 1 is 1.44 bits per heavy atom. The molecule has 2 rings (SSSR count). The first-order chi connectivity index (χ1) is 7.52. The smallest absolute Gasteiger partial charge is 0.321 e. The molecule has 4 heteroatoms. The number of carboxylic acids is 1. The molecule has 0 atom stereocenters. The average Bonchev–Trinajstić information content (AvgIpc) is 2.14. The number of carboxylic acid groups (broad SMARTS) is 1. The average molecular weight is 236 g/mol. The number of carbonyl (C=O) groups excluding carboxylic acids is 1. The molecule has 84 valence electrons. The molecule has 0 spiro atoms. The highest BCUT2D eigenvalue weighted by Gasteiger charge is 2.51. The summed E-state index contributed by atoms with van der Waals surface area (Å²) >= 11 is 1.28. The Morgan fingerprint density at radius 3 is 2.62 bits per heavy atom. The van der Waals surface area contributed by atoms with E-state index in [0.29, 0.717) is 0 Å². The van der Waals surface area contributed by atoms with Crippen molar-refractivity contribution in [2.45, 2.75) is 29.4 Å². The number of aryl methyl sites for hydroxylation is 1. The Bertz CT molecular complexity index is 445. The lowest BCUT2D eigenvalue weighted by Gasteiger charge is -2.35. The number of hydrogen-bond acceptors (Lipinski definition) is 3. The summed E-state index contributed by atoms with van der Waals surface area (Å²) in [5.74, 6) is -0.860. The molecular formula is C12H12O3S. The third-order valence-electron chi connectivity index (χ3n) is 2.66. The van der Waals surface area contributed by atoms with E-state index in [0.717, 1.165) is 10.5 Å². The Labute approximate surface area is 97.9 Å². The lowest BCUT2D eigenvalue weighted by Crippen LogP contribution is -2.48. The summed E-state index contributed by atoms with van der Waals surface area (Å²) in [5.41, 5.74) is 1.09. The van der Waals surface area contributed by atoms with E-state index in [2.05, 4.69) is 0 Å². The maximum Gasteiger partial charge on any atom is 0.321 e. The van der Waals surface area contributed by atoms with E-state index in [1.807, 2.05) is 31.2 Å². The van der Waals surface area contributed by atoms with Gasteiger partial charge >= 0.3 is 5.97 Å². The van der Waals surface area contributed by atoms with E-state index < -0.39 is 10.7 Å². The lowest BCUT2D eigenvalue weighted by atomic mass is 9.83. The van der Waals surface area contributed by atoms with E-state index in [1.54, 1.807) is 0 Å². The van der Waals surface area contributed by atoms with E-state index in [1.165, 1.54) is 11.8 Å². The quantitative estimate of drug-likeness (QED) is 0.874. The number of ketones is 1. The van der Waals surface area contributed by atoms with Gasteiger partial charge in [0.05, 0.1) is 0 Å². The molecule has 0 heterocycles. The summed E-state index contributed by atoms with van der Waals surface area (Å²) in [6, 6.07) is 7.68. The number of aliphatic carboxylic acids is 1. The van der Waals surface area contributed by atoms with Crippen molar-refractivity contribution in [2.24, 2.45) is 0 Å². The van der Waals surface area contributed by atoms with Gasteiger partial charge in [0.1, 0.15) is 10.5 Å². The minimum Gasteiger partial charge on any atom is -0.480 e. The zero-order chi connectivity index (χ0) is 11.8. The molecule has 0 radical (unpaired) electrons. The summed E-state index contributed by atoms with van der Waals surface area (Å²) in [4.78, 5) is 23.1. The van der Waals surface area contributed by atoms with Crippen LogP contribution in [0.5, 0.6) is 0 Å². The zero-order valence-electron chi connectivity index (χ0n) is 8.90. The molecule has 0 saturated heterocycles. The largest absolute Gasteiger partial charge is 0.480 e. The first-order valence-electron chi connectivity index (χ1n) is 5.03. The molecule has 1 aliphatic carbocycles. The van der Waals surface area contributed by atoms with Gasteiger partial charge in [0.15, 0.2) is 0 Å². The SMILES string of the molecule is Cc1cccc(SC2(C(=O)O)CC(=O)C2)c1. The Morgan fingerprint density at radius 2 is 2.12 bits per heavy atom. The predicted octanol–water partition coefficient (Wildman–Crippen LogP) is 2.27. The second-order valence-corrected chi connectivity index (χ2v) is 5.57. The molecule has 0 bridgehead atoms. The summed E-state index contributed by atoms with van der Waals surface area (Å²) in [5, 5.41) is 9.16. The summed E-state index contributed by atoms with van der Waals surface area (Å²) < 4.78 is -0.926. The van der Waals surface area contributed by atoms with Crippen LogP contribution in [0.15, 0.2) is 29.2 Å². The van der Waals surface area contributed by atoms with Gasteiger partial charge in [-0.3, -0.25) is 9.59 Å². The van der Waals surface area contributed by atoms with Crippen LogP contribution in [0, 0.1) is 6.92 Å². The van der Waals surface area contributed by atoms with Crippen molar-refractivity contribution in [2.75, 3.05) is 0 Å². The van der Waals surface area contributed by atoms with Crippen LogP contribution in [0.3, 0.4) is 0 Å². The number of rotatable bonds is 3. The highest BCUT2D eigenvalue weighted by Crippen LogP contribution is 2.45. The van der Waals surface area contributed by atoms with Crippen LogP contribution in [-0.4, -0.2) is 21.6 Å². The van der Waals surface area contributed by atoms with Crippen LogP contribution in [-0.2, 0) is 9.59 Å². The molecule has 16 heavy (non-hydrogen) atoms. The van der Waals surface area contributed by atoms with Crippen molar-refractivity contribution in [3.63, 3.8) is 0 Å². The van der Waals surface area contributed by atoms with Gasteiger partial charge in [0, 0.05) is 17.7 Å². The van der Waals surface area contributed by atoms with E-state index in [-0.39, 0.29) is 18.6 Å².